The second-order valence-corrected chi connectivity index (χ2v) is 10.2. The minimum Gasteiger partial charge on any atom is -0.348 e. The highest BCUT2D eigenvalue weighted by atomic mass is 16.2. The van der Waals surface area contributed by atoms with Crippen molar-refractivity contribution < 1.29 is 4.79 Å². The fourth-order valence-corrected chi connectivity index (χ4v) is 6.11. The van der Waals surface area contributed by atoms with E-state index in [9.17, 15) is 9.59 Å². The van der Waals surface area contributed by atoms with Crippen LogP contribution in [0.4, 0.5) is 0 Å². The fraction of sp³-hybridized carbons (Fsp3) is 0.250. The Morgan fingerprint density at radius 1 is 1.03 bits per heavy atom. The number of rotatable bonds is 4. The highest BCUT2D eigenvalue weighted by Gasteiger charge is 2.54. The number of carbonyl (C=O) groups is 1. The predicted molar refractivity (Wildman–Crippen MR) is 136 cm³/mol. The van der Waals surface area contributed by atoms with E-state index in [2.05, 4.69) is 25.5 Å². The van der Waals surface area contributed by atoms with Crippen LogP contribution in [0, 0.1) is 5.41 Å². The standard InChI is InChI=1S/C28H24N6O2/c35-26-22-6-2-1-5-21(22)25(32-33-26)19-11-28(12-19)13-20(14-28)30-27(36)23-16-34-9-7-17(10-24(34)31-23)18-4-3-8-29-15-18/h1-10,15-16,19-20H,11-14H2,(H,30,36)(H,33,35). The lowest BCUT2D eigenvalue weighted by Gasteiger charge is -2.57. The lowest BCUT2D eigenvalue weighted by atomic mass is 9.49. The molecule has 0 unspecified atom stereocenters. The van der Waals surface area contributed by atoms with Crippen molar-refractivity contribution in [3.63, 3.8) is 0 Å². The lowest BCUT2D eigenvalue weighted by Crippen LogP contribution is -2.55. The Labute approximate surface area is 206 Å². The molecule has 4 heterocycles. The number of aromatic nitrogens is 5. The van der Waals surface area contributed by atoms with Gasteiger partial charge in [-0.05, 0) is 60.9 Å². The van der Waals surface area contributed by atoms with Crippen LogP contribution in [0.3, 0.4) is 0 Å². The normalized spacial score (nSPS) is 22.9. The Morgan fingerprint density at radius 3 is 2.67 bits per heavy atom. The zero-order valence-corrected chi connectivity index (χ0v) is 19.5. The largest absolute Gasteiger partial charge is 0.348 e. The Bertz CT molecular complexity index is 1680. The molecule has 1 aromatic carbocycles. The second kappa shape index (κ2) is 7.84. The molecule has 8 heteroatoms. The van der Waals surface area contributed by atoms with E-state index < -0.39 is 0 Å². The van der Waals surface area contributed by atoms with E-state index in [0.717, 1.165) is 53.5 Å². The molecule has 0 bridgehead atoms. The monoisotopic (exact) mass is 476 g/mol. The molecule has 1 amide bonds. The van der Waals surface area contributed by atoms with Crippen LogP contribution in [0.2, 0.25) is 0 Å². The summed E-state index contributed by atoms with van der Waals surface area (Å²) in [6.45, 7) is 0. The Hall–Kier alpha value is -4.33. The van der Waals surface area contributed by atoms with Gasteiger partial charge in [0.1, 0.15) is 11.3 Å². The van der Waals surface area contributed by atoms with E-state index in [4.69, 9.17) is 0 Å². The van der Waals surface area contributed by atoms with Crippen LogP contribution < -0.4 is 10.9 Å². The number of H-pyrrole nitrogens is 1. The van der Waals surface area contributed by atoms with Crippen LogP contribution in [-0.4, -0.2) is 36.5 Å². The van der Waals surface area contributed by atoms with Gasteiger partial charge in [0, 0.05) is 47.7 Å². The molecule has 2 aliphatic carbocycles. The third kappa shape index (κ3) is 3.40. The topological polar surface area (TPSA) is 105 Å². The fourth-order valence-electron chi connectivity index (χ4n) is 6.11. The van der Waals surface area contributed by atoms with Crippen LogP contribution in [0.25, 0.3) is 27.5 Å². The highest BCUT2D eigenvalue weighted by Crippen LogP contribution is 2.62. The van der Waals surface area contributed by atoms with Gasteiger partial charge in [-0.1, -0.05) is 24.3 Å². The molecule has 36 heavy (non-hydrogen) atoms. The van der Waals surface area contributed by atoms with E-state index in [1.54, 1.807) is 12.4 Å². The molecular formula is C28H24N6O2. The number of hydrogen-bond donors (Lipinski definition) is 2. The lowest BCUT2D eigenvalue weighted by molar-refractivity contribution is -0.0197. The minimum absolute atomic E-state index is 0.134. The van der Waals surface area contributed by atoms with Crippen molar-refractivity contribution in [3.8, 4) is 11.1 Å². The summed E-state index contributed by atoms with van der Waals surface area (Å²) >= 11 is 0. The van der Waals surface area contributed by atoms with E-state index in [1.807, 2.05) is 65.3 Å². The van der Waals surface area contributed by atoms with E-state index in [1.165, 1.54) is 0 Å². The molecule has 0 radical (unpaired) electrons. The van der Waals surface area contributed by atoms with Gasteiger partial charge in [0.05, 0.1) is 11.1 Å². The van der Waals surface area contributed by atoms with Gasteiger partial charge in [0.15, 0.2) is 0 Å². The molecule has 5 aromatic rings. The summed E-state index contributed by atoms with van der Waals surface area (Å²) in [4.78, 5) is 33.7. The summed E-state index contributed by atoms with van der Waals surface area (Å²) < 4.78 is 1.87. The number of nitrogens with one attached hydrogen (secondary N) is 2. The molecule has 0 atom stereocenters. The number of amides is 1. The van der Waals surface area contributed by atoms with Gasteiger partial charge in [-0.2, -0.15) is 5.10 Å². The number of fused-ring (bicyclic) bond motifs is 2. The molecule has 178 valence electrons. The molecule has 0 aliphatic heterocycles. The van der Waals surface area contributed by atoms with Gasteiger partial charge in [-0.3, -0.25) is 14.6 Å². The van der Waals surface area contributed by atoms with Gasteiger partial charge in [0.25, 0.3) is 11.5 Å². The van der Waals surface area contributed by atoms with Crippen LogP contribution in [0.15, 0.2) is 78.1 Å². The summed E-state index contributed by atoms with van der Waals surface area (Å²) in [6, 6.07) is 15.7. The molecule has 2 fully saturated rings. The third-order valence-electron chi connectivity index (χ3n) is 7.85. The first-order valence-corrected chi connectivity index (χ1v) is 12.2. The van der Waals surface area contributed by atoms with E-state index in [-0.39, 0.29) is 22.9 Å². The Morgan fingerprint density at radius 2 is 1.86 bits per heavy atom. The van der Waals surface area contributed by atoms with Crippen molar-refractivity contribution in [1.82, 2.24) is 29.9 Å². The summed E-state index contributed by atoms with van der Waals surface area (Å²) in [5.41, 5.74) is 4.28. The van der Waals surface area contributed by atoms with E-state index >= 15 is 0 Å². The molecule has 4 aromatic heterocycles. The number of carbonyl (C=O) groups excluding carboxylic acids is 1. The van der Waals surface area contributed by atoms with Gasteiger partial charge >= 0.3 is 0 Å². The van der Waals surface area contributed by atoms with Gasteiger partial charge in [-0.15, -0.1) is 0 Å². The second-order valence-electron chi connectivity index (χ2n) is 10.2. The van der Waals surface area contributed by atoms with Gasteiger partial charge in [0.2, 0.25) is 0 Å². The average molecular weight is 477 g/mol. The Kier molecular flexibility index (Phi) is 4.57. The van der Waals surface area contributed by atoms with Crippen LogP contribution in [0.1, 0.15) is 47.8 Å². The van der Waals surface area contributed by atoms with Crippen molar-refractivity contribution in [1.29, 1.82) is 0 Å². The maximum absolute atomic E-state index is 12.9. The van der Waals surface area contributed by atoms with Crippen molar-refractivity contribution in [2.45, 2.75) is 37.6 Å². The molecule has 0 saturated heterocycles. The average Bonchev–Trinajstić information content (AvgIpc) is 3.30. The SMILES string of the molecule is O=C(NC1CC2(C1)CC(c1n[nH]c(=O)c3ccccc13)C2)c1cn2ccc(-c3cccnc3)cc2n1. The van der Waals surface area contributed by atoms with Crippen LogP contribution in [-0.2, 0) is 0 Å². The van der Waals surface area contributed by atoms with Crippen molar-refractivity contribution in [3.05, 3.63) is 95.1 Å². The molecule has 7 rings (SSSR count). The number of benzene rings is 1. The number of nitrogens with zero attached hydrogens (tertiary/aromatic N) is 4. The molecular weight excluding hydrogens is 452 g/mol. The quantitative estimate of drug-likeness (QED) is 0.407. The summed E-state index contributed by atoms with van der Waals surface area (Å²) in [7, 11) is 0. The number of imidazole rings is 1. The maximum atomic E-state index is 12.9. The third-order valence-corrected chi connectivity index (χ3v) is 7.85. The van der Waals surface area contributed by atoms with E-state index in [0.29, 0.717) is 17.0 Å². The van der Waals surface area contributed by atoms with Gasteiger partial charge in [-0.25, -0.2) is 10.1 Å². The zero-order chi connectivity index (χ0) is 24.3. The van der Waals surface area contributed by atoms with Crippen LogP contribution >= 0.6 is 0 Å². The molecule has 2 N–H and O–H groups in total. The predicted octanol–water partition coefficient (Wildman–Crippen LogP) is 4.09. The summed E-state index contributed by atoms with van der Waals surface area (Å²) in [6.07, 6.45) is 11.3. The van der Waals surface area contributed by atoms with Crippen molar-refractivity contribution in [2.24, 2.45) is 5.41 Å². The molecule has 1 spiro atoms. The first-order valence-electron chi connectivity index (χ1n) is 12.2. The van der Waals surface area contributed by atoms with Crippen molar-refractivity contribution in [2.75, 3.05) is 0 Å². The summed E-state index contributed by atoms with van der Waals surface area (Å²) in [5, 5.41) is 11.9. The number of aromatic amines is 1. The molecule has 2 saturated carbocycles. The Balaban J connectivity index is 1.00. The zero-order valence-electron chi connectivity index (χ0n) is 19.5. The maximum Gasteiger partial charge on any atom is 0.272 e. The first-order chi connectivity index (χ1) is 17.6. The van der Waals surface area contributed by atoms with Gasteiger partial charge < -0.3 is 9.72 Å². The van der Waals surface area contributed by atoms with Crippen LogP contribution in [0.5, 0.6) is 0 Å². The van der Waals surface area contributed by atoms with Crippen molar-refractivity contribution >= 4 is 22.3 Å². The molecule has 8 nitrogen and oxygen atoms in total. The number of pyridine rings is 2. The highest BCUT2D eigenvalue weighted by molar-refractivity contribution is 5.93. The first kappa shape index (κ1) is 21.0. The summed E-state index contributed by atoms with van der Waals surface area (Å²) in [5.74, 6) is 0.210. The minimum atomic E-state index is -0.143. The molecule has 2 aliphatic rings. The smallest absolute Gasteiger partial charge is 0.272 e. The number of hydrogen-bond acceptors (Lipinski definition) is 5.